The smallest absolute Gasteiger partial charge is 0.198 e. The number of benzene rings is 2. The zero-order valence-corrected chi connectivity index (χ0v) is 15.1. The Labute approximate surface area is 154 Å². The second-order valence-corrected chi connectivity index (χ2v) is 7.29. The first-order chi connectivity index (χ1) is 12.8. The number of hydrogen-bond acceptors (Lipinski definition) is 4. The van der Waals surface area contributed by atoms with Crippen LogP contribution in [0.2, 0.25) is 0 Å². The van der Waals surface area contributed by atoms with Gasteiger partial charge in [0.15, 0.2) is 17.1 Å². The van der Waals surface area contributed by atoms with Gasteiger partial charge in [-0.25, -0.2) is 15.0 Å². The van der Waals surface area contributed by atoms with Crippen molar-refractivity contribution in [2.24, 2.45) is 0 Å². The SMILES string of the molecule is Cc1ccc(Cn2c(-c3cccs3)nc3nc4ccccc4nc32)cc1. The Kier molecular flexibility index (Phi) is 3.53. The normalized spacial score (nSPS) is 11.4. The molecule has 0 fully saturated rings. The maximum absolute atomic E-state index is 4.86. The zero-order valence-electron chi connectivity index (χ0n) is 14.3. The summed E-state index contributed by atoms with van der Waals surface area (Å²) in [6.45, 7) is 2.82. The molecule has 5 rings (SSSR count). The lowest BCUT2D eigenvalue weighted by Crippen LogP contribution is -2.03. The predicted molar refractivity (Wildman–Crippen MR) is 106 cm³/mol. The summed E-state index contributed by atoms with van der Waals surface area (Å²) in [5.41, 5.74) is 5.77. The molecule has 2 aromatic carbocycles. The van der Waals surface area contributed by atoms with E-state index in [9.17, 15) is 0 Å². The Morgan fingerprint density at radius 3 is 2.35 bits per heavy atom. The lowest BCUT2D eigenvalue weighted by molar-refractivity contribution is 0.826. The molecule has 0 unspecified atom stereocenters. The Balaban J connectivity index is 1.75. The summed E-state index contributed by atoms with van der Waals surface area (Å²) in [5, 5.41) is 2.07. The summed E-state index contributed by atoms with van der Waals surface area (Å²) in [4.78, 5) is 15.5. The van der Waals surface area contributed by atoms with E-state index >= 15 is 0 Å². The molecular formula is C21H16N4S. The van der Waals surface area contributed by atoms with Crippen LogP contribution in [0.25, 0.3) is 33.0 Å². The fourth-order valence-corrected chi connectivity index (χ4v) is 3.84. The van der Waals surface area contributed by atoms with Crippen molar-refractivity contribution in [1.29, 1.82) is 0 Å². The van der Waals surface area contributed by atoms with E-state index in [1.165, 1.54) is 11.1 Å². The Morgan fingerprint density at radius 2 is 1.62 bits per heavy atom. The average Bonchev–Trinajstić information content (AvgIpc) is 3.30. The molecular weight excluding hydrogens is 340 g/mol. The molecule has 0 aliphatic carbocycles. The highest BCUT2D eigenvalue weighted by Gasteiger charge is 2.17. The van der Waals surface area contributed by atoms with Gasteiger partial charge in [0.1, 0.15) is 0 Å². The van der Waals surface area contributed by atoms with Gasteiger partial charge in [0.2, 0.25) is 0 Å². The summed E-state index contributed by atoms with van der Waals surface area (Å²) in [5.74, 6) is 0.922. The Hall–Kier alpha value is -3.05. The van der Waals surface area contributed by atoms with E-state index in [0.717, 1.165) is 33.9 Å². The topological polar surface area (TPSA) is 43.6 Å². The first-order valence-corrected chi connectivity index (χ1v) is 9.38. The van der Waals surface area contributed by atoms with Gasteiger partial charge in [-0.15, -0.1) is 11.3 Å². The van der Waals surface area contributed by atoms with Crippen LogP contribution in [0, 0.1) is 6.92 Å². The van der Waals surface area contributed by atoms with Gasteiger partial charge in [-0.2, -0.15) is 0 Å². The number of para-hydroxylation sites is 2. The third-order valence-corrected chi connectivity index (χ3v) is 5.33. The molecule has 3 aromatic heterocycles. The van der Waals surface area contributed by atoms with Crippen molar-refractivity contribution in [2.75, 3.05) is 0 Å². The summed E-state index contributed by atoms with van der Waals surface area (Å²) in [6, 6.07) is 20.7. The molecule has 0 spiro atoms. The van der Waals surface area contributed by atoms with Crippen molar-refractivity contribution in [3.63, 3.8) is 0 Å². The highest BCUT2D eigenvalue weighted by atomic mass is 32.1. The third-order valence-electron chi connectivity index (χ3n) is 4.46. The van der Waals surface area contributed by atoms with Crippen LogP contribution in [0.15, 0.2) is 66.0 Å². The summed E-state index contributed by atoms with van der Waals surface area (Å²) in [6.07, 6.45) is 0. The Bertz CT molecular complexity index is 1200. The van der Waals surface area contributed by atoms with Crippen LogP contribution < -0.4 is 0 Å². The number of nitrogens with zero attached hydrogens (tertiary/aromatic N) is 4. The van der Waals surface area contributed by atoms with Crippen LogP contribution in [-0.4, -0.2) is 19.5 Å². The second-order valence-electron chi connectivity index (χ2n) is 6.34. The largest absolute Gasteiger partial charge is 0.302 e. The summed E-state index contributed by atoms with van der Waals surface area (Å²) in [7, 11) is 0. The van der Waals surface area contributed by atoms with Crippen LogP contribution in [0.3, 0.4) is 0 Å². The molecule has 5 heteroatoms. The lowest BCUT2D eigenvalue weighted by atomic mass is 10.1. The number of fused-ring (bicyclic) bond motifs is 2. The first-order valence-electron chi connectivity index (χ1n) is 8.50. The highest BCUT2D eigenvalue weighted by molar-refractivity contribution is 7.13. The van der Waals surface area contributed by atoms with Crippen molar-refractivity contribution in [3.8, 4) is 10.7 Å². The van der Waals surface area contributed by atoms with E-state index in [1.54, 1.807) is 11.3 Å². The van der Waals surface area contributed by atoms with Crippen LogP contribution in [-0.2, 0) is 6.54 Å². The van der Waals surface area contributed by atoms with E-state index in [2.05, 4.69) is 47.2 Å². The van der Waals surface area contributed by atoms with Crippen molar-refractivity contribution < 1.29 is 0 Å². The highest BCUT2D eigenvalue weighted by Crippen LogP contribution is 2.28. The van der Waals surface area contributed by atoms with Gasteiger partial charge >= 0.3 is 0 Å². The van der Waals surface area contributed by atoms with Gasteiger partial charge in [-0.1, -0.05) is 48.0 Å². The molecule has 126 valence electrons. The number of imidazole rings is 1. The van der Waals surface area contributed by atoms with E-state index < -0.39 is 0 Å². The van der Waals surface area contributed by atoms with Crippen LogP contribution in [0.4, 0.5) is 0 Å². The Morgan fingerprint density at radius 1 is 0.846 bits per heavy atom. The maximum Gasteiger partial charge on any atom is 0.198 e. The van der Waals surface area contributed by atoms with E-state index in [1.807, 2.05) is 30.3 Å². The van der Waals surface area contributed by atoms with Gasteiger partial charge < -0.3 is 4.57 Å². The number of hydrogen-bond donors (Lipinski definition) is 0. The molecule has 0 aliphatic rings. The van der Waals surface area contributed by atoms with Crippen LogP contribution in [0.5, 0.6) is 0 Å². The number of aromatic nitrogens is 4. The minimum Gasteiger partial charge on any atom is -0.302 e. The van der Waals surface area contributed by atoms with Crippen molar-refractivity contribution in [1.82, 2.24) is 19.5 Å². The molecule has 26 heavy (non-hydrogen) atoms. The van der Waals surface area contributed by atoms with Gasteiger partial charge in [0, 0.05) is 0 Å². The molecule has 0 radical (unpaired) electrons. The lowest BCUT2D eigenvalue weighted by Gasteiger charge is -2.08. The molecule has 0 bridgehead atoms. The third kappa shape index (κ3) is 2.57. The molecule has 0 saturated heterocycles. The molecule has 0 aliphatic heterocycles. The van der Waals surface area contributed by atoms with Gasteiger partial charge in [0.25, 0.3) is 0 Å². The van der Waals surface area contributed by atoms with Crippen molar-refractivity contribution >= 4 is 33.7 Å². The van der Waals surface area contributed by atoms with Crippen LogP contribution in [0.1, 0.15) is 11.1 Å². The van der Waals surface area contributed by atoms with E-state index in [-0.39, 0.29) is 0 Å². The zero-order chi connectivity index (χ0) is 17.5. The molecule has 0 amide bonds. The van der Waals surface area contributed by atoms with Gasteiger partial charge in [0.05, 0.1) is 22.5 Å². The van der Waals surface area contributed by atoms with Crippen molar-refractivity contribution in [2.45, 2.75) is 13.5 Å². The van der Waals surface area contributed by atoms with Crippen molar-refractivity contribution in [3.05, 3.63) is 77.2 Å². The van der Waals surface area contributed by atoms with Crippen LogP contribution >= 0.6 is 11.3 Å². The second kappa shape index (κ2) is 6.04. The molecule has 4 nitrogen and oxygen atoms in total. The molecule has 0 atom stereocenters. The average molecular weight is 356 g/mol. The number of thiophene rings is 1. The maximum atomic E-state index is 4.86. The molecule has 0 saturated carbocycles. The fourth-order valence-electron chi connectivity index (χ4n) is 3.12. The standard InChI is InChI=1S/C21H16N4S/c1-14-8-10-15(11-9-14)13-25-20(18-7-4-12-26-18)24-19-21(25)23-17-6-3-2-5-16(17)22-19/h2-12H,13H2,1H3. The minimum atomic E-state index is 0.694. The first kappa shape index (κ1) is 15.2. The summed E-state index contributed by atoms with van der Waals surface area (Å²) >= 11 is 1.68. The molecule has 3 heterocycles. The monoisotopic (exact) mass is 356 g/mol. The quantitative estimate of drug-likeness (QED) is 0.453. The number of aryl methyl sites for hydroxylation is 1. The van der Waals surface area contributed by atoms with Gasteiger partial charge in [-0.05, 0) is 36.1 Å². The summed E-state index contributed by atoms with van der Waals surface area (Å²) < 4.78 is 2.17. The van der Waals surface area contributed by atoms with E-state index in [0.29, 0.717) is 5.65 Å². The van der Waals surface area contributed by atoms with Gasteiger partial charge in [-0.3, -0.25) is 0 Å². The molecule has 5 aromatic rings. The van der Waals surface area contributed by atoms with E-state index in [4.69, 9.17) is 15.0 Å². The predicted octanol–water partition coefficient (Wildman–Crippen LogP) is 5.06. The number of rotatable bonds is 3. The fraction of sp³-hybridized carbons (Fsp3) is 0.0952. The minimum absolute atomic E-state index is 0.694. The molecule has 0 N–H and O–H groups in total.